The van der Waals surface area contributed by atoms with Crippen molar-refractivity contribution >= 4 is 23.6 Å². The van der Waals surface area contributed by atoms with Gasteiger partial charge in [0.15, 0.2) is 11.5 Å². The third-order valence-electron chi connectivity index (χ3n) is 4.82. The lowest BCUT2D eigenvalue weighted by Gasteiger charge is -2.30. The van der Waals surface area contributed by atoms with E-state index < -0.39 is 11.3 Å². The van der Waals surface area contributed by atoms with Gasteiger partial charge < -0.3 is 20.1 Å². The molecule has 0 spiro atoms. The zero-order valence-corrected chi connectivity index (χ0v) is 16.4. The van der Waals surface area contributed by atoms with Crippen LogP contribution in [0.25, 0.3) is 0 Å². The first-order valence-electron chi connectivity index (χ1n) is 9.42. The average Bonchev–Trinajstić information content (AvgIpc) is 2.74. The van der Waals surface area contributed by atoms with Gasteiger partial charge in [0.2, 0.25) is 11.8 Å². The number of hydrogen-bond donors (Lipinski definition) is 2. The molecule has 1 fully saturated rings. The SMILES string of the molecule is O=C(NCC1COc2ccccc2O1)C1CSC(Cc2ccccc2F)C(=O)N1. The van der Waals surface area contributed by atoms with Gasteiger partial charge >= 0.3 is 0 Å². The van der Waals surface area contributed by atoms with Crippen LogP contribution in [-0.4, -0.2) is 48.1 Å². The van der Waals surface area contributed by atoms with Crippen molar-refractivity contribution in [1.29, 1.82) is 0 Å². The predicted molar refractivity (Wildman–Crippen MR) is 108 cm³/mol. The summed E-state index contributed by atoms with van der Waals surface area (Å²) in [6, 6.07) is 13.2. The fourth-order valence-electron chi connectivity index (χ4n) is 3.25. The van der Waals surface area contributed by atoms with Crippen LogP contribution in [0, 0.1) is 5.82 Å². The van der Waals surface area contributed by atoms with E-state index in [1.165, 1.54) is 17.8 Å². The Kier molecular flexibility index (Phi) is 5.89. The topological polar surface area (TPSA) is 76.7 Å². The molecule has 2 heterocycles. The monoisotopic (exact) mass is 416 g/mol. The van der Waals surface area contributed by atoms with Gasteiger partial charge in [-0.25, -0.2) is 4.39 Å². The van der Waals surface area contributed by atoms with E-state index in [2.05, 4.69) is 10.6 Å². The zero-order valence-electron chi connectivity index (χ0n) is 15.6. The van der Waals surface area contributed by atoms with Crippen molar-refractivity contribution in [1.82, 2.24) is 10.6 Å². The molecule has 2 N–H and O–H groups in total. The molecule has 2 aromatic carbocycles. The number of para-hydroxylation sites is 2. The molecule has 8 heteroatoms. The van der Waals surface area contributed by atoms with Gasteiger partial charge in [0, 0.05) is 5.75 Å². The van der Waals surface area contributed by atoms with Crippen LogP contribution in [0.4, 0.5) is 4.39 Å². The first-order chi connectivity index (χ1) is 14.1. The van der Waals surface area contributed by atoms with Gasteiger partial charge in [0.25, 0.3) is 0 Å². The maximum absolute atomic E-state index is 13.8. The molecule has 4 rings (SSSR count). The second-order valence-electron chi connectivity index (χ2n) is 6.92. The number of benzene rings is 2. The molecule has 0 radical (unpaired) electrons. The summed E-state index contributed by atoms with van der Waals surface area (Å²) in [4.78, 5) is 24.8. The third kappa shape index (κ3) is 4.64. The summed E-state index contributed by atoms with van der Waals surface area (Å²) in [6.07, 6.45) is -0.000859. The van der Waals surface area contributed by atoms with Crippen molar-refractivity contribution in [3.8, 4) is 11.5 Å². The van der Waals surface area contributed by atoms with Crippen LogP contribution in [-0.2, 0) is 16.0 Å². The molecule has 3 unspecified atom stereocenters. The number of halogens is 1. The van der Waals surface area contributed by atoms with Gasteiger partial charge in [-0.2, -0.15) is 0 Å². The van der Waals surface area contributed by atoms with E-state index >= 15 is 0 Å². The van der Waals surface area contributed by atoms with Crippen molar-refractivity contribution in [2.75, 3.05) is 18.9 Å². The second kappa shape index (κ2) is 8.73. The van der Waals surface area contributed by atoms with E-state index in [9.17, 15) is 14.0 Å². The lowest BCUT2D eigenvalue weighted by Crippen LogP contribution is -2.55. The van der Waals surface area contributed by atoms with Crippen LogP contribution >= 0.6 is 11.8 Å². The molecule has 0 aliphatic carbocycles. The second-order valence-corrected chi connectivity index (χ2v) is 8.16. The molecule has 1 saturated heterocycles. The minimum Gasteiger partial charge on any atom is -0.486 e. The van der Waals surface area contributed by atoms with Gasteiger partial charge in [-0.15, -0.1) is 11.8 Å². The van der Waals surface area contributed by atoms with Crippen LogP contribution in [0.15, 0.2) is 48.5 Å². The Morgan fingerprint density at radius 1 is 1.17 bits per heavy atom. The Labute approximate surface area is 172 Å². The first kappa shape index (κ1) is 19.6. The molecular formula is C21H21FN2O4S. The van der Waals surface area contributed by atoms with Crippen LogP contribution in [0.5, 0.6) is 11.5 Å². The minimum atomic E-state index is -0.624. The molecule has 2 amide bonds. The summed E-state index contributed by atoms with van der Waals surface area (Å²) >= 11 is 1.37. The molecule has 29 heavy (non-hydrogen) atoms. The van der Waals surface area contributed by atoms with Gasteiger partial charge in [0.05, 0.1) is 11.8 Å². The quantitative estimate of drug-likeness (QED) is 0.779. The maximum Gasteiger partial charge on any atom is 0.243 e. The standard InChI is InChI=1S/C21H21FN2O4S/c22-15-6-2-1-5-13(15)9-19-21(26)24-16(12-29-19)20(25)23-10-14-11-27-17-7-3-4-8-18(17)28-14/h1-8,14,16,19H,9-12H2,(H,23,25)(H,24,26). The third-order valence-corrected chi connectivity index (χ3v) is 6.13. The van der Waals surface area contributed by atoms with Gasteiger partial charge in [-0.1, -0.05) is 30.3 Å². The van der Waals surface area contributed by atoms with Crippen molar-refractivity contribution in [3.63, 3.8) is 0 Å². The molecule has 0 bridgehead atoms. The first-order valence-corrected chi connectivity index (χ1v) is 10.5. The maximum atomic E-state index is 13.8. The molecule has 2 aliphatic rings. The van der Waals surface area contributed by atoms with Gasteiger partial charge in [-0.3, -0.25) is 9.59 Å². The molecule has 152 valence electrons. The van der Waals surface area contributed by atoms with Crippen molar-refractivity contribution in [3.05, 3.63) is 59.9 Å². The fraction of sp³-hybridized carbons (Fsp3) is 0.333. The number of carbonyl (C=O) groups excluding carboxylic acids is 2. The molecule has 2 aromatic rings. The summed E-state index contributed by atoms with van der Waals surface area (Å²) in [5, 5.41) is 5.14. The number of nitrogens with one attached hydrogen (secondary N) is 2. The van der Waals surface area contributed by atoms with Crippen LogP contribution in [0.2, 0.25) is 0 Å². The molecule has 0 saturated carbocycles. The van der Waals surface area contributed by atoms with Crippen LogP contribution in [0.1, 0.15) is 5.56 Å². The van der Waals surface area contributed by atoms with E-state index in [4.69, 9.17) is 9.47 Å². The van der Waals surface area contributed by atoms with E-state index in [-0.39, 0.29) is 30.3 Å². The van der Waals surface area contributed by atoms with E-state index in [1.807, 2.05) is 24.3 Å². The number of fused-ring (bicyclic) bond motifs is 1. The van der Waals surface area contributed by atoms with E-state index in [0.29, 0.717) is 35.8 Å². The lowest BCUT2D eigenvalue weighted by atomic mass is 10.1. The number of thioether (sulfide) groups is 1. The summed E-state index contributed by atoms with van der Waals surface area (Å²) in [6.45, 7) is 0.622. The number of ether oxygens (including phenoxy) is 2. The molecule has 2 aliphatic heterocycles. The molecular weight excluding hydrogens is 395 g/mol. The number of amides is 2. The van der Waals surface area contributed by atoms with Crippen LogP contribution in [0.3, 0.4) is 0 Å². The molecule has 6 nitrogen and oxygen atoms in total. The highest BCUT2D eigenvalue weighted by molar-refractivity contribution is 8.00. The number of rotatable bonds is 5. The van der Waals surface area contributed by atoms with E-state index in [1.54, 1.807) is 18.2 Å². The fourth-order valence-corrected chi connectivity index (χ4v) is 4.43. The highest BCUT2D eigenvalue weighted by atomic mass is 32.2. The lowest BCUT2D eigenvalue weighted by molar-refractivity contribution is -0.128. The highest BCUT2D eigenvalue weighted by Gasteiger charge is 2.33. The van der Waals surface area contributed by atoms with Crippen LogP contribution < -0.4 is 20.1 Å². The van der Waals surface area contributed by atoms with Gasteiger partial charge in [0.1, 0.15) is 24.6 Å². The van der Waals surface area contributed by atoms with Crippen molar-refractivity contribution in [2.45, 2.75) is 23.8 Å². The Balaban J connectivity index is 1.26. The van der Waals surface area contributed by atoms with Crippen molar-refractivity contribution in [2.24, 2.45) is 0 Å². The Morgan fingerprint density at radius 3 is 2.72 bits per heavy atom. The molecule has 0 aromatic heterocycles. The normalized spacial score (nSPS) is 23.2. The van der Waals surface area contributed by atoms with Gasteiger partial charge in [-0.05, 0) is 30.2 Å². The van der Waals surface area contributed by atoms with E-state index in [0.717, 1.165) is 0 Å². The highest BCUT2D eigenvalue weighted by Crippen LogP contribution is 2.30. The number of carbonyl (C=O) groups is 2. The summed E-state index contributed by atoms with van der Waals surface area (Å²) in [5.41, 5.74) is 0.498. The predicted octanol–water partition coefficient (Wildman–Crippen LogP) is 1.92. The summed E-state index contributed by atoms with van der Waals surface area (Å²) in [5.74, 6) is 0.926. The average molecular weight is 416 g/mol. The van der Waals surface area contributed by atoms with Crippen molar-refractivity contribution < 1.29 is 23.5 Å². The Bertz CT molecular complexity index is 910. The minimum absolute atomic E-state index is 0.254. The zero-order chi connectivity index (χ0) is 20.2. The smallest absolute Gasteiger partial charge is 0.243 e. The Morgan fingerprint density at radius 2 is 1.93 bits per heavy atom. The largest absolute Gasteiger partial charge is 0.486 e. The Hall–Kier alpha value is -2.74. The summed E-state index contributed by atoms with van der Waals surface area (Å²) < 4.78 is 25.3. The molecule has 3 atom stereocenters. The summed E-state index contributed by atoms with van der Waals surface area (Å²) in [7, 11) is 0. The number of hydrogen-bond acceptors (Lipinski definition) is 5.